The minimum atomic E-state index is 0.928. The van der Waals surface area contributed by atoms with E-state index < -0.39 is 0 Å². The van der Waals surface area contributed by atoms with Crippen LogP contribution < -0.4 is 9.47 Å². The smallest absolute Gasteiger partial charge is 0.127 e. The van der Waals surface area contributed by atoms with Crippen molar-refractivity contribution in [3.63, 3.8) is 0 Å². The summed E-state index contributed by atoms with van der Waals surface area (Å²) in [6.07, 6.45) is 10.8. The van der Waals surface area contributed by atoms with Crippen LogP contribution in [0.4, 0.5) is 0 Å². The zero-order valence-electron chi connectivity index (χ0n) is 26.0. The second-order valence-electron chi connectivity index (χ2n) is 12.3. The average molecular weight is 555 g/mol. The molecular formula is C40H42O2. The van der Waals surface area contributed by atoms with Crippen LogP contribution in [0.2, 0.25) is 0 Å². The first-order valence-corrected chi connectivity index (χ1v) is 15.3. The van der Waals surface area contributed by atoms with E-state index in [1.54, 1.807) is 7.11 Å². The second-order valence-corrected chi connectivity index (χ2v) is 12.3. The Kier molecular flexibility index (Phi) is 7.82. The SMILES string of the molecule is COc1ccc2c(c1)CCc1c(CC=C(C)C)cc(-c3cc4c(cc3OC)CCc3c(CC=C(C)C)cccc3-4)cc1-2. The van der Waals surface area contributed by atoms with E-state index in [4.69, 9.17) is 9.47 Å². The standard InChI is InChI=1S/C40H42O2/c1-25(2)10-12-27-8-7-9-36-33(27)17-15-30-23-40(42-6)38(24-37(30)36)31-20-28(13-11-26(3)4)34-18-14-29-21-32(41-5)16-19-35(29)39(34)22-31/h7-11,16,19-24H,12-15,17-18H2,1-6H3. The predicted octanol–water partition coefficient (Wildman–Crippen LogP) is 9.92. The normalized spacial score (nSPS) is 12.8. The van der Waals surface area contributed by atoms with Crippen molar-refractivity contribution in [3.8, 4) is 44.9 Å². The maximum Gasteiger partial charge on any atom is 0.127 e. The third-order valence-electron chi connectivity index (χ3n) is 8.99. The molecule has 2 aliphatic carbocycles. The Morgan fingerprint density at radius 2 is 1.29 bits per heavy atom. The molecule has 0 amide bonds. The number of rotatable bonds is 7. The Bertz CT molecular complexity index is 1730. The Hall–Kier alpha value is -4.04. The molecule has 2 heteroatoms. The molecule has 0 radical (unpaired) electrons. The van der Waals surface area contributed by atoms with Crippen LogP contribution in [0.25, 0.3) is 33.4 Å². The van der Waals surface area contributed by atoms with E-state index in [0.717, 1.165) is 50.0 Å². The highest BCUT2D eigenvalue weighted by molar-refractivity contribution is 5.86. The van der Waals surface area contributed by atoms with Crippen LogP contribution in [0.5, 0.6) is 11.5 Å². The maximum absolute atomic E-state index is 6.09. The first kappa shape index (κ1) is 28.1. The van der Waals surface area contributed by atoms with E-state index in [-0.39, 0.29) is 0 Å². The summed E-state index contributed by atoms with van der Waals surface area (Å²) < 4.78 is 11.7. The Morgan fingerprint density at radius 1 is 0.595 bits per heavy atom. The average Bonchev–Trinajstić information content (AvgIpc) is 3.00. The summed E-state index contributed by atoms with van der Waals surface area (Å²) in [5, 5.41) is 0. The predicted molar refractivity (Wildman–Crippen MR) is 177 cm³/mol. The molecule has 42 heavy (non-hydrogen) atoms. The molecule has 2 nitrogen and oxygen atoms in total. The number of ether oxygens (including phenoxy) is 2. The van der Waals surface area contributed by atoms with Crippen molar-refractivity contribution >= 4 is 0 Å². The summed E-state index contributed by atoms with van der Waals surface area (Å²) in [5.41, 5.74) is 19.1. The first-order valence-electron chi connectivity index (χ1n) is 15.3. The minimum Gasteiger partial charge on any atom is -0.497 e. The molecule has 0 unspecified atom stereocenters. The van der Waals surface area contributed by atoms with Gasteiger partial charge in [-0.3, -0.25) is 0 Å². The summed E-state index contributed by atoms with van der Waals surface area (Å²) in [5.74, 6) is 1.88. The van der Waals surface area contributed by atoms with Gasteiger partial charge in [0.2, 0.25) is 0 Å². The third-order valence-corrected chi connectivity index (χ3v) is 8.99. The summed E-state index contributed by atoms with van der Waals surface area (Å²) in [6, 6.07) is 22.9. The lowest BCUT2D eigenvalue weighted by Gasteiger charge is -2.26. The Balaban J connectivity index is 1.54. The van der Waals surface area contributed by atoms with Crippen LogP contribution in [-0.4, -0.2) is 14.2 Å². The molecule has 4 aromatic carbocycles. The molecule has 214 valence electrons. The van der Waals surface area contributed by atoms with Crippen molar-refractivity contribution in [3.05, 3.63) is 117 Å². The van der Waals surface area contributed by atoms with Crippen molar-refractivity contribution in [2.24, 2.45) is 0 Å². The molecule has 0 atom stereocenters. The lowest BCUT2D eigenvalue weighted by Crippen LogP contribution is -2.09. The van der Waals surface area contributed by atoms with Crippen LogP contribution in [0.3, 0.4) is 0 Å². The van der Waals surface area contributed by atoms with Gasteiger partial charge < -0.3 is 9.47 Å². The summed E-state index contributed by atoms with van der Waals surface area (Å²) in [7, 11) is 3.56. The Morgan fingerprint density at radius 3 is 1.98 bits per heavy atom. The van der Waals surface area contributed by atoms with Gasteiger partial charge in [0.1, 0.15) is 11.5 Å². The van der Waals surface area contributed by atoms with E-state index >= 15 is 0 Å². The first-order chi connectivity index (χ1) is 20.4. The van der Waals surface area contributed by atoms with Gasteiger partial charge in [-0.05, 0) is 158 Å². The van der Waals surface area contributed by atoms with Gasteiger partial charge >= 0.3 is 0 Å². The van der Waals surface area contributed by atoms with Crippen molar-refractivity contribution in [2.45, 2.75) is 66.2 Å². The summed E-state index contributed by atoms with van der Waals surface area (Å²) in [6.45, 7) is 8.74. The quantitative estimate of drug-likeness (QED) is 0.212. The van der Waals surface area contributed by atoms with Crippen LogP contribution in [0, 0.1) is 0 Å². The van der Waals surface area contributed by atoms with Crippen molar-refractivity contribution in [1.29, 1.82) is 0 Å². The molecule has 0 aliphatic heterocycles. The van der Waals surface area contributed by atoms with Gasteiger partial charge in [-0.15, -0.1) is 0 Å². The van der Waals surface area contributed by atoms with Gasteiger partial charge in [0.05, 0.1) is 14.2 Å². The fraction of sp³-hybridized carbons (Fsp3) is 0.300. The van der Waals surface area contributed by atoms with Crippen LogP contribution in [-0.2, 0) is 38.5 Å². The highest BCUT2D eigenvalue weighted by Gasteiger charge is 2.24. The molecule has 0 saturated carbocycles. The summed E-state index contributed by atoms with van der Waals surface area (Å²) in [4.78, 5) is 0. The molecule has 0 aromatic heterocycles. The number of fused-ring (bicyclic) bond motifs is 6. The van der Waals surface area contributed by atoms with Crippen molar-refractivity contribution in [2.75, 3.05) is 14.2 Å². The molecule has 0 N–H and O–H groups in total. The zero-order chi connectivity index (χ0) is 29.4. The lowest BCUT2D eigenvalue weighted by molar-refractivity contribution is 0.414. The van der Waals surface area contributed by atoms with E-state index in [2.05, 4.69) is 101 Å². The van der Waals surface area contributed by atoms with Crippen molar-refractivity contribution in [1.82, 2.24) is 0 Å². The third kappa shape index (κ3) is 5.31. The number of aryl methyl sites for hydroxylation is 2. The largest absolute Gasteiger partial charge is 0.497 e. The van der Waals surface area contributed by atoms with Crippen molar-refractivity contribution < 1.29 is 9.47 Å². The maximum atomic E-state index is 6.09. The van der Waals surface area contributed by atoms with Gasteiger partial charge in [0.15, 0.2) is 0 Å². The van der Waals surface area contributed by atoms with E-state index in [9.17, 15) is 0 Å². The van der Waals surface area contributed by atoms with Crippen LogP contribution in [0.15, 0.2) is 84.0 Å². The van der Waals surface area contributed by atoms with Gasteiger partial charge in [-0.1, -0.05) is 53.6 Å². The molecule has 6 rings (SSSR count). The molecule has 0 spiro atoms. The monoisotopic (exact) mass is 554 g/mol. The zero-order valence-corrected chi connectivity index (χ0v) is 26.0. The second kappa shape index (κ2) is 11.7. The van der Waals surface area contributed by atoms with Crippen LogP contribution in [0.1, 0.15) is 61.1 Å². The highest BCUT2D eigenvalue weighted by atomic mass is 16.5. The van der Waals surface area contributed by atoms with Gasteiger partial charge in [0.25, 0.3) is 0 Å². The van der Waals surface area contributed by atoms with Crippen LogP contribution >= 0.6 is 0 Å². The topological polar surface area (TPSA) is 18.5 Å². The van der Waals surface area contributed by atoms with Gasteiger partial charge in [-0.2, -0.15) is 0 Å². The van der Waals surface area contributed by atoms with E-state index in [1.807, 2.05) is 7.11 Å². The number of benzene rings is 4. The van der Waals surface area contributed by atoms with Gasteiger partial charge in [0, 0.05) is 5.56 Å². The van der Waals surface area contributed by atoms with E-state index in [1.165, 1.54) is 77.9 Å². The number of hydrogen-bond donors (Lipinski definition) is 0. The molecule has 0 bridgehead atoms. The number of methoxy groups -OCH3 is 2. The van der Waals surface area contributed by atoms with E-state index in [0.29, 0.717) is 0 Å². The minimum absolute atomic E-state index is 0.928. The molecule has 0 saturated heterocycles. The highest BCUT2D eigenvalue weighted by Crippen LogP contribution is 2.45. The molecule has 4 aromatic rings. The number of allylic oxidation sites excluding steroid dienone is 4. The molecule has 0 heterocycles. The lowest BCUT2D eigenvalue weighted by atomic mass is 9.79. The van der Waals surface area contributed by atoms with Gasteiger partial charge in [-0.25, -0.2) is 0 Å². The molecule has 2 aliphatic rings. The fourth-order valence-corrected chi connectivity index (χ4v) is 6.77. The Labute approximate surface area is 251 Å². The fourth-order valence-electron chi connectivity index (χ4n) is 6.77. The molecular weight excluding hydrogens is 512 g/mol. The summed E-state index contributed by atoms with van der Waals surface area (Å²) >= 11 is 0. The molecule has 0 fully saturated rings. The number of hydrogen-bond acceptors (Lipinski definition) is 2.